The van der Waals surface area contributed by atoms with E-state index in [1.165, 1.54) is 17.5 Å². The number of carbonyl (C=O) groups is 1. The van der Waals surface area contributed by atoms with Gasteiger partial charge in [0.2, 0.25) is 15.9 Å². The Morgan fingerprint density at radius 1 is 1.48 bits per heavy atom. The first kappa shape index (κ1) is 16.3. The molecule has 1 fully saturated rings. The SMILES string of the molecule is COc1ccc(Br)cc1S(=O)(=O)N1CCC(C)(C(N)=O)C1. The first-order valence-corrected chi connectivity index (χ1v) is 8.57. The maximum absolute atomic E-state index is 12.7. The van der Waals surface area contributed by atoms with E-state index in [9.17, 15) is 13.2 Å². The molecule has 6 nitrogen and oxygen atoms in total. The Kier molecular flexibility index (Phi) is 4.32. The molecule has 0 radical (unpaired) electrons. The number of methoxy groups -OCH3 is 1. The second-order valence-electron chi connectivity index (χ2n) is 5.31. The molecule has 1 aromatic rings. The van der Waals surface area contributed by atoms with Crippen molar-refractivity contribution in [1.29, 1.82) is 0 Å². The van der Waals surface area contributed by atoms with E-state index in [0.717, 1.165) is 0 Å². The summed E-state index contributed by atoms with van der Waals surface area (Å²) >= 11 is 3.26. The summed E-state index contributed by atoms with van der Waals surface area (Å²) in [4.78, 5) is 11.6. The highest BCUT2D eigenvalue weighted by Crippen LogP contribution is 2.36. The van der Waals surface area contributed by atoms with E-state index in [1.807, 2.05) is 0 Å². The number of amides is 1. The minimum Gasteiger partial charge on any atom is -0.495 e. The third kappa shape index (κ3) is 2.93. The number of hydrogen-bond acceptors (Lipinski definition) is 4. The normalized spacial score (nSPS) is 23.2. The van der Waals surface area contributed by atoms with Gasteiger partial charge in [-0.1, -0.05) is 15.9 Å². The largest absolute Gasteiger partial charge is 0.495 e. The van der Waals surface area contributed by atoms with Crippen molar-refractivity contribution >= 4 is 31.9 Å². The molecular weight excluding hydrogens is 360 g/mol. The molecule has 1 aliphatic heterocycles. The first-order chi connectivity index (χ1) is 9.70. The van der Waals surface area contributed by atoms with Crippen LogP contribution in [0.3, 0.4) is 0 Å². The van der Waals surface area contributed by atoms with E-state index >= 15 is 0 Å². The number of benzene rings is 1. The molecule has 21 heavy (non-hydrogen) atoms. The molecule has 1 heterocycles. The van der Waals surface area contributed by atoms with Crippen LogP contribution in [-0.2, 0) is 14.8 Å². The summed E-state index contributed by atoms with van der Waals surface area (Å²) in [5.41, 5.74) is 4.54. The Labute approximate surface area is 132 Å². The summed E-state index contributed by atoms with van der Waals surface area (Å²) in [6, 6.07) is 4.78. The quantitative estimate of drug-likeness (QED) is 0.858. The summed E-state index contributed by atoms with van der Waals surface area (Å²) < 4.78 is 32.5. The van der Waals surface area contributed by atoms with Crippen molar-refractivity contribution in [3.05, 3.63) is 22.7 Å². The van der Waals surface area contributed by atoms with Gasteiger partial charge >= 0.3 is 0 Å². The van der Waals surface area contributed by atoms with Crippen LogP contribution < -0.4 is 10.5 Å². The zero-order valence-corrected chi connectivity index (χ0v) is 14.2. The van der Waals surface area contributed by atoms with Crippen molar-refractivity contribution in [2.45, 2.75) is 18.2 Å². The highest BCUT2D eigenvalue weighted by molar-refractivity contribution is 9.10. The Morgan fingerprint density at radius 2 is 2.14 bits per heavy atom. The number of nitrogens with two attached hydrogens (primary N) is 1. The van der Waals surface area contributed by atoms with Crippen LogP contribution in [0, 0.1) is 5.41 Å². The molecule has 1 saturated heterocycles. The van der Waals surface area contributed by atoms with Crippen molar-refractivity contribution in [2.75, 3.05) is 20.2 Å². The highest BCUT2D eigenvalue weighted by Gasteiger charge is 2.44. The fourth-order valence-corrected chi connectivity index (χ4v) is 4.58. The van der Waals surface area contributed by atoms with Crippen molar-refractivity contribution in [2.24, 2.45) is 11.1 Å². The van der Waals surface area contributed by atoms with Gasteiger partial charge in [0.1, 0.15) is 10.6 Å². The van der Waals surface area contributed by atoms with Crippen molar-refractivity contribution in [3.8, 4) is 5.75 Å². The molecule has 0 saturated carbocycles. The number of ether oxygens (including phenoxy) is 1. The van der Waals surface area contributed by atoms with E-state index in [1.54, 1.807) is 19.1 Å². The fourth-order valence-electron chi connectivity index (χ4n) is 2.32. The molecule has 0 aliphatic carbocycles. The van der Waals surface area contributed by atoms with Crippen LogP contribution in [0.5, 0.6) is 5.75 Å². The predicted molar refractivity (Wildman–Crippen MR) is 81.4 cm³/mol. The molecule has 8 heteroatoms. The number of halogens is 1. The molecule has 1 aromatic carbocycles. The van der Waals surface area contributed by atoms with E-state index in [2.05, 4.69) is 15.9 Å². The number of rotatable bonds is 4. The number of hydrogen-bond donors (Lipinski definition) is 1. The highest BCUT2D eigenvalue weighted by atomic mass is 79.9. The number of carbonyl (C=O) groups excluding carboxylic acids is 1. The average Bonchev–Trinajstić information content (AvgIpc) is 2.83. The third-order valence-corrected chi connectivity index (χ3v) is 6.14. The Hall–Kier alpha value is -1.12. The minimum atomic E-state index is -3.74. The van der Waals surface area contributed by atoms with Gasteiger partial charge in [0.05, 0.1) is 12.5 Å². The van der Waals surface area contributed by atoms with Crippen LogP contribution >= 0.6 is 15.9 Å². The van der Waals surface area contributed by atoms with Gasteiger partial charge in [-0.3, -0.25) is 4.79 Å². The smallest absolute Gasteiger partial charge is 0.246 e. The van der Waals surface area contributed by atoms with Gasteiger partial charge < -0.3 is 10.5 Å². The van der Waals surface area contributed by atoms with Crippen LogP contribution in [0.15, 0.2) is 27.6 Å². The van der Waals surface area contributed by atoms with Crippen LogP contribution in [0.2, 0.25) is 0 Å². The maximum Gasteiger partial charge on any atom is 0.246 e. The van der Waals surface area contributed by atoms with Crippen LogP contribution in [0.1, 0.15) is 13.3 Å². The Balaban J connectivity index is 2.41. The van der Waals surface area contributed by atoms with Gasteiger partial charge in [0.15, 0.2) is 0 Å². The zero-order valence-electron chi connectivity index (χ0n) is 11.8. The van der Waals surface area contributed by atoms with Crippen molar-refractivity contribution < 1.29 is 17.9 Å². The lowest BCUT2D eigenvalue weighted by molar-refractivity contribution is -0.126. The van der Waals surface area contributed by atoms with Gasteiger partial charge in [-0.05, 0) is 31.5 Å². The lowest BCUT2D eigenvalue weighted by Gasteiger charge is -2.21. The average molecular weight is 377 g/mol. The molecule has 0 spiro atoms. The van der Waals surface area contributed by atoms with Gasteiger partial charge in [-0.15, -0.1) is 0 Å². The minimum absolute atomic E-state index is 0.0769. The summed E-state index contributed by atoms with van der Waals surface area (Å²) in [5.74, 6) is -0.215. The molecule has 1 atom stereocenters. The van der Waals surface area contributed by atoms with E-state index in [-0.39, 0.29) is 23.7 Å². The molecule has 2 N–H and O–H groups in total. The molecule has 2 rings (SSSR count). The first-order valence-electron chi connectivity index (χ1n) is 6.34. The predicted octanol–water partition coefficient (Wildman–Crippen LogP) is 1.34. The summed E-state index contributed by atoms with van der Waals surface area (Å²) in [5, 5.41) is 0. The van der Waals surface area contributed by atoms with Crippen LogP contribution in [0.4, 0.5) is 0 Å². The number of primary amides is 1. The summed E-state index contributed by atoms with van der Waals surface area (Å²) in [7, 11) is -2.32. The van der Waals surface area contributed by atoms with Gasteiger partial charge in [0.25, 0.3) is 0 Å². The maximum atomic E-state index is 12.7. The Morgan fingerprint density at radius 3 is 2.67 bits per heavy atom. The molecule has 1 amide bonds. The zero-order chi connectivity index (χ0) is 15.8. The van der Waals surface area contributed by atoms with Crippen molar-refractivity contribution in [1.82, 2.24) is 4.31 Å². The lowest BCUT2D eigenvalue weighted by Crippen LogP contribution is -2.38. The molecule has 1 aliphatic rings. The number of nitrogens with zero attached hydrogens (tertiary/aromatic N) is 1. The monoisotopic (exact) mass is 376 g/mol. The second-order valence-corrected chi connectivity index (χ2v) is 8.13. The molecule has 0 aromatic heterocycles. The fraction of sp³-hybridized carbons (Fsp3) is 0.462. The van der Waals surface area contributed by atoms with E-state index in [0.29, 0.717) is 10.9 Å². The number of sulfonamides is 1. The van der Waals surface area contributed by atoms with E-state index in [4.69, 9.17) is 10.5 Å². The van der Waals surface area contributed by atoms with Gasteiger partial charge in [0, 0.05) is 17.6 Å². The van der Waals surface area contributed by atoms with Crippen LogP contribution in [-0.4, -0.2) is 38.8 Å². The van der Waals surface area contributed by atoms with Gasteiger partial charge in [-0.2, -0.15) is 4.31 Å². The van der Waals surface area contributed by atoms with E-state index < -0.39 is 21.3 Å². The molecule has 0 bridgehead atoms. The summed E-state index contributed by atoms with van der Waals surface area (Å²) in [6.45, 7) is 2.03. The Bertz CT molecular complexity index is 677. The summed E-state index contributed by atoms with van der Waals surface area (Å²) in [6.07, 6.45) is 0.415. The molecule has 1 unspecified atom stereocenters. The third-order valence-electron chi connectivity index (χ3n) is 3.78. The van der Waals surface area contributed by atoms with Crippen molar-refractivity contribution in [3.63, 3.8) is 0 Å². The standard InChI is InChI=1S/C13H17BrN2O4S/c1-13(12(15)17)5-6-16(8-13)21(18,19)11-7-9(14)3-4-10(11)20-2/h3-4,7H,5-6,8H2,1-2H3,(H2,15,17). The lowest BCUT2D eigenvalue weighted by atomic mass is 9.89. The second kappa shape index (κ2) is 5.58. The molecular formula is C13H17BrN2O4S. The topological polar surface area (TPSA) is 89.7 Å². The van der Waals surface area contributed by atoms with Crippen LogP contribution in [0.25, 0.3) is 0 Å². The van der Waals surface area contributed by atoms with Gasteiger partial charge in [-0.25, -0.2) is 8.42 Å². The molecule has 116 valence electrons.